The number of nitrogens with one attached hydrogen (secondary N) is 2. The van der Waals surface area contributed by atoms with Crippen LogP contribution in [0.15, 0.2) is 46.0 Å². The summed E-state index contributed by atoms with van der Waals surface area (Å²) in [6, 6.07) is 10.2. The molecule has 0 aliphatic carbocycles. The molecule has 0 heterocycles. The summed E-state index contributed by atoms with van der Waals surface area (Å²) in [5, 5.41) is 6.58. The van der Waals surface area contributed by atoms with Crippen molar-refractivity contribution in [2.45, 2.75) is 6.92 Å². The molecule has 2 aromatic carbocycles. The predicted molar refractivity (Wildman–Crippen MR) is 122 cm³/mol. The predicted octanol–water partition coefficient (Wildman–Crippen LogP) is 3.20. The minimum Gasteiger partial charge on any atom is -0.497 e. The smallest absolute Gasteiger partial charge is 0.252 e. The number of hydrazone groups is 1. The molecule has 0 radical (unpaired) electrons. The van der Waals surface area contributed by atoms with Crippen LogP contribution in [-0.2, 0) is 9.59 Å². The lowest BCUT2D eigenvalue weighted by Gasteiger charge is -2.12. The SMILES string of the molecule is C#CCOc1c(Br)cc(C=NNC(=O)C(C)C(=O)Nc2ccc(OC)cc2)cc1OC. The number of rotatable bonds is 9. The molecule has 162 valence electrons. The summed E-state index contributed by atoms with van der Waals surface area (Å²) < 4.78 is 16.4. The second-order valence-corrected chi connectivity index (χ2v) is 7.05. The Morgan fingerprint density at radius 2 is 1.90 bits per heavy atom. The van der Waals surface area contributed by atoms with Crippen molar-refractivity contribution < 1.29 is 23.8 Å². The van der Waals surface area contributed by atoms with Crippen molar-refractivity contribution in [3.8, 4) is 29.6 Å². The molecule has 0 aliphatic heterocycles. The number of carbonyl (C=O) groups is 2. The van der Waals surface area contributed by atoms with Crippen LogP contribution in [-0.4, -0.2) is 38.9 Å². The van der Waals surface area contributed by atoms with Crippen LogP contribution in [0, 0.1) is 18.3 Å². The maximum atomic E-state index is 12.3. The summed E-state index contributed by atoms with van der Waals surface area (Å²) in [5.41, 5.74) is 3.54. The Kier molecular flexibility index (Phi) is 8.91. The number of hydrogen-bond acceptors (Lipinski definition) is 6. The largest absolute Gasteiger partial charge is 0.497 e. The average Bonchev–Trinajstić information content (AvgIpc) is 2.77. The van der Waals surface area contributed by atoms with Crippen molar-refractivity contribution in [3.05, 3.63) is 46.4 Å². The van der Waals surface area contributed by atoms with Gasteiger partial charge in [-0.15, -0.1) is 6.42 Å². The number of carbonyl (C=O) groups excluding carboxylic acids is 2. The summed E-state index contributed by atoms with van der Waals surface area (Å²) in [6.45, 7) is 1.58. The highest BCUT2D eigenvalue weighted by Crippen LogP contribution is 2.36. The molecule has 0 fully saturated rings. The highest BCUT2D eigenvalue weighted by atomic mass is 79.9. The van der Waals surface area contributed by atoms with Gasteiger partial charge in [-0.2, -0.15) is 5.10 Å². The Labute approximate surface area is 189 Å². The fourth-order valence-electron chi connectivity index (χ4n) is 2.38. The molecule has 0 saturated heterocycles. The van der Waals surface area contributed by atoms with Gasteiger partial charge in [-0.1, -0.05) is 5.92 Å². The molecular formula is C22H22BrN3O5. The third kappa shape index (κ3) is 6.76. The third-order valence-corrected chi connectivity index (χ3v) is 4.67. The van der Waals surface area contributed by atoms with Gasteiger partial charge in [0.1, 0.15) is 18.3 Å². The molecule has 2 aromatic rings. The van der Waals surface area contributed by atoms with Gasteiger partial charge in [0, 0.05) is 5.69 Å². The first-order valence-electron chi connectivity index (χ1n) is 9.11. The quantitative estimate of drug-likeness (QED) is 0.245. The Balaban J connectivity index is 1.98. The van der Waals surface area contributed by atoms with E-state index in [1.165, 1.54) is 20.2 Å². The second-order valence-electron chi connectivity index (χ2n) is 6.20. The Hall–Kier alpha value is -3.51. The maximum Gasteiger partial charge on any atom is 0.252 e. The lowest BCUT2D eigenvalue weighted by Crippen LogP contribution is -2.34. The van der Waals surface area contributed by atoms with Crippen LogP contribution >= 0.6 is 15.9 Å². The van der Waals surface area contributed by atoms with Crippen molar-refractivity contribution in [2.75, 3.05) is 26.1 Å². The fraction of sp³-hybridized carbons (Fsp3) is 0.227. The number of amides is 2. The van der Waals surface area contributed by atoms with Gasteiger partial charge < -0.3 is 19.5 Å². The van der Waals surface area contributed by atoms with Crippen molar-refractivity contribution in [2.24, 2.45) is 11.0 Å². The number of benzene rings is 2. The Morgan fingerprint density at radius 1 is 1.19 bits per heavy atom. The number of terminal acetylenes is 1. The molecule has 31 heavy (non-hydrogen) atoms. The van der Waals surface area contributed by atoms with Gasteiger partial charge in [0.25, 0.3) is 5.91 Å². The zero-order valence-electron chi connectivity index (χ0n) is 17.3. The zero-order chi connectivity index (χ0) is 22.8. The molecule has 1 atom stereocenters. The van der Waals surface area contributed by atoms with Gasteiger partial charge >= 0.3 is 0 Å². The first kappa shape index (κ1) is 23.8. The van der Waals surface area contributed by atoms with E-state index in [0.29, 0.717) is 33.0 Å². The van der Waals surface area contributed by atoms with Crippen LogP contribution in [0.25, 0.3) is 0 Å². The number of anilines is 1. The van der Waals surface area contributed by atoms with Crippen LogP contribution in [0.3, 0.4) is 0 Å². The van der Waals surface area contributed by atoms with E-state index in [-0.39, 0.29) is 6.61 Å². The van der Waals surface area contributed by atoms with Crippen molar-refractivity contribution >= 4 is 39.6 Å². The van der Waals surface area contributed by atoms with E-state index in [4.69, 9.17) is 20.6 Å². The summed E-state index contributed by atoms with van der Waals surface area (Å²) in [5.74, 6) is 1.99. The number of methoxy groups -OCH3 is 2. The first-order chi connectivity index (χ1) is 14.9. The van der Waals surface area contributed by atoms with Gasteiger partial charge in [-0.3, -0.25) is 9.59 Å². The molecule has 0 aliphatic rings. The highest BCUT2D eigenvalue weighted by molar-refractivity contribution is 9.10. The normalized spacial score (nSPS) is 11.3. The van der Waals surface area contributed by atoms with Gasteiger partial charge in [0.15, 0.2) is 11.5 Å². The molecule has 9 heteroatoms. The minimum atomic E-state index is -0.958. The zero-order valence-corrected chi connectivity index (χ0v) is 18.9. The number of halogens is 1. The molecule has 0 bridgehead atoms. The summed E-state index contributed by atoms with van der Waals surface area (Å²) >= 11 is 3.39. The standard InChI is InChI=1S/C22H22BrN3O5/c1-5-10-31-20-18(23)11-15(12-19(20)30-4)13-24-26-22(28)14(2)21(27)25-16-6-8-17(29-3)9-7-16/h1,6-9,11-14H,10H2,2-4H3,(H,25,27)(H,26,28). The van der Waals surface area contributed by atoms with E-state index in [2.05, 4.69) is 37.7 Å². The van der Waals surface area contributed by atoms with Crippen molar-refractivity contribution in [1.82, 2.24) is 5.43 Å². The van der Waals surface area contributed by atoms with Gasteiger partial charge in [-0.05, 0) is 64.8 Å². The summed E-state index contributed by atoms with van der Waals surface area (Å²) in [7, 11) is 3.05. The van der Waals surface area contributed by atoms with Crippen molar-refractivity contribution in [3.63, 3.8) is 0 Å². The molecular weight excluding hydrogens is 466 g/mol. The van der Waals surface area contributed by atoms with Crippen molar-refractivity contribution in [1.29, 1.82) is 0 Å². The van der Waals surface area contributed by atoms with Crippen LogP contribution in [0.4, 0.5) is 5.69 Å². The van der Waals surface area contributed by atoms with E-state index < -0.39 is 17.7 Å². The van der Waals surface area contributed by atoms with Gasteiger partial charge in [0.05, 0.1) is 24.9 Å². The van der Waals surface area contributed by atoms with Crippen LogP contribution < -0.4 is 25.0 Å². The van der Waals surface area contributed by atoms with Crippen LogP contribution in [0.5, 0.6) is 17.2 Å². The lowest BCUT2D eigenvalue weighted by molar-refractivity contribution is -0.131. The molecule has 8 nitrogen and oxygen atoms in total. The summed E-state index contributed by atoms with van der Waals surface area (Å²) in [4.78, 5) is 24.5. The van der Waals surface area contributed by atoms with Gasteiger partial charge in [0.2, 0.25) is 5.91 Å². The van der Waals surface area contributed by atoms with Crippen LogP contribution in [0.2, 0.25) is 0 Å². The first-order valence-corrected chi connectivity index (χ1v) is 9.90. The number of hydrogen-bond donors (Lipinski definition) is 2. The van der Waals surface area contributed by atoms with E-state index >= 15 is 0 Å². The highest BCUT2D eigenvalue weighted by Gasteiger charge is 2.21. The number of ether oxygens (including phenoxy) is 3. The molecule has 2 N–H and O–H groups in total. The Morgan fingerprint density at radius 3 is 2.52 bits per heavy atom. The van der Waals surface area contributed by atoms with E-state index in [1.54, 1.807) is 43.5 Å². The second kappa shape index (κ2) is 11.6. The minimum absolute atomic E-state index is 0.0922. The topological polar surface area (TPSA) is 98.2 Å². The van der Waals surface area contributed by atoms with E-state index in [0.717, 1.165) is 0 Å². The molecule has 0 spiro atoms. The number of nitrogens with zero attached hydrogens (tertiary/aromatic N) is 1. The summed E-state index contributed by atoms with van der Waals surface area (Å²) in [6.07, 6.45) is 6.64. The van der Waals surface area contributed by atoms with Gasteiger partial charge in [-0.25, -0.2) is 5.43 Å². The Bertz CT molecular complexity index is 999. The third-order valence-electron chi connectivity index (χ3n) is 4.08. The molecule has 0 aromatic heterocycles. The molecule has 0 saturated carbocycles. The average molecular weight is 488 g/mol. The lowest BCUT2D eigenvalue weighted by atomic mass is 10.1. The maximum absolute atomic E-state index is 12.3. The fourth-order valence-corrected chi connectivity index (χ4v) is 2.95. The molecule has 2 rings (SSSR count). The molecule has 1 unspecified atom stereocenters. The van der Waals surface area contributed by atoms with E-state index in [9.17, 15) is 9.59 Å². The molecule has 2 amide bonds. The van der Waals surface area contributed by atoms with E-state index in [1.807, 2.05) is 0 Å². The monoisotopic (exact) mass is 487 g/mol. The van der Waals surface area contributed by atoms with Crippen LogP contribution in [0.1, 0.15) is 12.5 Å².